The fraction of sp³-hybridized carbons (Fsp3) is 0.600. The average Bonchev–Trinajstić information content (AvgIpc) is 2.45. The summed E-state index contributed by atoms with van der Waals surface area (Å²) in [5, 5.41) is 3.26. The zero-order chi connectivity index (χ0) is 9.68. The molecule has 0 aliphatic heterocycles. The van der Waals surface area contributed by atoms with Crippen LogP contribution in [0.2, 0.25) is 0 Å². The van der Waals surface area contributed by atoms with E-state index < -0.39 is 0 Å². The third-order valence-electron chi connectivity index (χ3n) is 1.81. The van der Waals surface area contributed by atoms with E-state index in [9.17, 15) is 0 Å². The van der Waals surface area contributed by atoms with Crippen molar-refractivity contribution in [2.45, 2.75) is 26.3 Å². The van der Waals surface area contributed by atoms with Crippen LogP contribution in [0.1, 0.15) is 18.4 Å². The molecule has 1 aromatic rings. The summed E-state index contributed by atoms with van der Waals surface area (Å²) in [4.78, 5) is 0. The van der Waals surface area contributed by atoms with Crippen molar-refractivity contribution in [2.24, 2.45) is 5.73 Å². The maximum atomic E-state index is 5.59. The largest absolute Gasteiger partial charge is 0.466 e. The van der Waals surface area contributed by atoms with E-state index in [1.807, 2.05) is 26.0 Å². The lowest BCUT2D eigenvalue weighted by molar-refractivity contribution is 0.473. The minimum atomic E-state index is 0.221. The molecule has 1 heterocycles. The summed E-state index contributed by atoms with van der Waals surface area (Å²) in [5.74, 6) is 2.01. The maximum Gasteiger partial charge on any atom is 0.105 e. The van der Waals surface area contributed by atoms with Crippen molar-refractivity contribution in [3.8, 4) is 0 Å². The second kappa shape index (κ2) is 5.04. The number of aryl methyl sites for hydroxylation is 1. The molecule has 0 spiro atoms. The van der Waals surface area contributed by atoms with E-state index in [0.717, 1.165) is 31.0 Å². The summed E-state index contributed by atoms with van der Waals surface area (Å²) in [6.45, 7) is 5.73. The Kier molecular flexibility index (Phi) is 3.99. The zero-order valence-electron chi connectivity index (χ0n) is 8.34. The first-order valence-corrected chi connectivity index (χ1v) is 4.70. The zero-order valence-corrected chi connectivity index (χ0v) is 8.34. The Balaban J connectivity index is 2.13. The summed E-state index contributed by atoms with van der Waals surface area (Å²) in [5.41, 5.74) is 5.59. The predicted molar refractivity (Wildman–Crippen MR) is 53.7 cm³/mol. The van der Waals surface area contributed by atoms with E-state index in [1.165, 1.54) is 0 Å². The Hall–Kier alpha value is -0.800. The van der Waals surface area contributed by atoms with Gasteiger partial charge < -0.3 is 15.5 Å². The Labute approximate surface area is 79.3 Å². The molecule has 1 unspecified atom stereocenters. The molecule has 0 bridgehead atoms. The van der Waals surface area contributed by atoms with E-state index >= 15 is 0 Å². The van der Waals surface area contributed by atoms with Crippen LogP contribution in [0.4, 0.5) is 0 Å². The van der Waals surface area contributed by atoms with Crippen LogP contribution in [-0.2, 0) is 6.42 Å². The molecule has 0 aliphatic carbocycles. The first-order valence-electron chi connectivity index (χ1n) is 4.70. The molecule has 0 radical (unpaired) electrons. The summed E-state index contributed by atoms with van der Waals surface area (Å²) in [7, 11) is 0. The average molecular weight is 182 g/mol. The standard InChI is InChI=1S/C10H18N2O/c1-8(11)7-12-6-5-10-4-3-9(2)13-10/h3-4,8,12H,5-7,11H2,1-2H3. The van der Waals surface area contributed by atoms with Gasteiger partial charge in [-0.3, -0.25) is 0 Å². The van der Waals surface area contributed by atoms with Crippen LogP contribution in [0.5, 0.6) is 0 Å². The second-order valence-electron chi connectivity index (χ2n) is 3.44. The molecule has 1 aromatic heterocycles. The van der Waals surface area contributed by atoms with Gasteiger partial charge in [-0.05, 0) is 26.0 Å². The molecular formula is C10H18N2O. The third kappa shape index (κ3) is 4.10. The minimum Gasteiger partial charge on any atom is -0.466 e. The van der Waals surface area contributed by atoms with Gasteiger partial charge in [0.05, 0.1) is 0 Å². The van der Waals surface area contributed by atoms with Gasteiger partial charge in [0.1, 0.15) is 11.5 Å². The smallest absolute Gasteiger partial charge is 0.105 e. The number of rotatable bonds is 5. The van der Waals surface area contributed by atoms with Gasteiger partial charge in [0, 0.05) is 25.6 Å². The molecule has 0 aromatic carbocycles. The minimum absolute atomic E-state index is 0.221. The van der Waals surface area contributed by atoms with Crippen LogP contribution in [0.15, 0.2) is 16.5 Å². The normalized spacial score (nSPS) is 13.2. The molecule has 3 nitrogen and oxygen atoms in total. The maximum absolute atomic E-state index is 5.59. The van der Waals surface area contributed by atoms with Crippen molar-refractivity contribution in [1.29, 1.82) is 0 Å². The van der Waals surface area contributed by atoms with Gasteiger partial charge in [-0.1, -0.05) is 0 Å². The summed E-state index contributed by atoms with van der Waals surface area (Å²) < 4.78 is 5.42. The molecule has 0 aliphatic rings. The summed E-state index contributed by atoms with van der Waals surface area (Å²) >= 11 is 0. The fourth-order valence-corrected chi connectivity index (χ4v) is 1.16. The van der Waals surface area contributed by atoms with E-state index in [1.54, 1.807) is 0 Å². The topological polar surface area (TPSA) is 51.2 Å². The lowest BCUT2D eigenvalue weighted by Crippen LogP contribution is -2.32. The van der Waals surface area contributed by atoms with Crippen molar-refractivity contribution in [2.75, 3.05) is 13.1 Å². The van der Waals surface area contributed by atoms with Crippen molar-refractivity contribution < 1.29 is 4.42 Å². The Morgan fingerprint density at radius 2 is 2.31 bits per heavy atom. The third-order valence-corrected chi connectivity index (χ3v) is 1.81. The first kappa shape index (κ1) is 10.3. The highest BCUT2D eigenvalue weighted by molar-refractivity contribution is 5.05. The van der Waals surface area contributed by atoms with Gasteiger partial charge in [-0.15, -0.1) is 0 Å². The van der Waals surface area contributed by atoms with Crippen LogP contribution in [-0.4, -0.2) is 19.1 Å². The second-order valence-corrected chi connectivity index (χ2v) is 3.44. The van der Waals surface area contributed by atoms with Crippen LogP contribution in [0, 0.1) is 6.92 Å². The van der Waals surface area contributed by atoms with E-state index in [-0.39, 0.29) is 6.04 Å². The monoisotopic (exact) mass is 182 g/mol. The lowest BCUT2D eigenvalue weighted by Gasteiger charge is -2.05. The van der Waals surface area contributed by atoms with E-state index in [4.69, 9.17) is 10.2 Å². The SMILES string of the molecule is Cc1ccc(CCNCC(C)N)o1. The predicted octanol–water partition coefficient (Wildman–Crippen LogP) is 1.07. The molecule has 0 amide bonds. The van der Waals surface area contributed by atoms with Gasteiger partial charge in [0.15, 0.2) is 0 Å². The van der Waals surface area contributed by atoms with Crippen LogP contribution < -0.4 is 11.1 Å². The fourth-order valence-electron chi connectivity index (χ4n) is 1.16. The van der Waals surface area contributed by atoms with Crippen molar-refractivity contribution in [3.05, 3.63) is 23.7 Å². The van der Waals surface area contributed by atoms with Crippen LogP contribution in [0.25, 0.3) is 0 Å². The Morgan fingerprint density at radius 3 is 2.85 bits per heavy atom. The molecular weight excluding hydrogens is 164 g/mol. The molecule has 1 atom stereocenters. The number of hydrogen-bond donors (Lipinski definition) is 2. The first-order chi connectivity index (χ1) is 6.18. The quantitative estimate of drug-likeness (QED) is 0.670. The molecule has 3 N–H and O–H groups in total. The van der Waals surface area contributed by atoms with Gasteiger partial charge in [0.25, 0.3) is 0 Å². The molecule has 3 heteroatoms. The Morgan fingerprint density at radius 1 is 1.54 bits per heavy atom. The van der Waals surface area contributed by atoms with Crippen molar-refractivity contribution in [1.82, 2.24) is 5.32 Å². The lowest BCUT2D eigenvalue weighted by atomic mass is 10.3. The van der Waals surface area contributed by atoms with Crippen molar-refractivity contribution in [3.63, 3.8) is 0 Å². The van der Waals surface area contributed by atoms with E-state index in [0.29, 0.717) is 0 Å². The van der Waals surface area contributed by atoms with Gasteiger partial charge >= 0.3 is 0 Å². The highest BCUT2D eigenvalue weighted by Crippen LogP contribution is 2.05. The van der Waals surface area contributed by atoms with Gasteiger partial charge in [0.2, 0.25) is 0 Å². The summed E-state index contributed by atoms with van der Waals surface area (Å²) in [6, 6.07) is 4.22. The van der Waals surface area contributed by atoms with Gasteiger partial charge in [-0.2, -0.15) is 0 Å². The van der Waals surface area contributed by atoms with Crippen LogP contribution in [0.3, 0.4) is 0 Å². The van der Waals surface area contributed by atoms with Crippen molar-refractivity contribution >= 4 is 0 Å². The molecule has 0 fully saturated rings. The Bertz CT molecular complexity index is 243. The molecule has 0 saturated heterocycles. The number of nitrogens with two attached hydrogens (primary N) is 1. The van der Waals surface area contributed by atoms with Gasteiger partial charge in [-0.25, -0.2) is 0 Å². The molecule has 13 heavy (non-hydrogen) atoms. The number of hydrogen-bond acceptors (Lipinski definition) is 3. The number of nitrogens with one attached hydrogen (secondary N) is 1. The molecule has 1 rings (SSSR count). The van der Waals surface area contributed by atoms with Crippen LogP contribution >= 0.6 is 0 Å². The molecule has 74 valence electrons. The highest BCUT2D eigenvalue weighted by Gasteiger charge is 1.98. The van der Waals surface area contributed by atoms with E-state index in [2.05, 4.69) is 5.32 Å². The number of furan rings is 1. The summed E-state index contributed by atoms with van der Waals surface area (Å²) in [6.07, 6.45) is 0.931. The highest BCUT2D eigenvalue weighted by atomic mass is 16.3. The molecule has 0 saturated carbocycles.